The average molecular weight is 255 g/mol. The molecule has 0 radical (unpaired) electrons. The Hall–Kier alpha value is -2.13. The van der Waals surface area contributed by atoms with Crippen LogP contribution >= 0.6 is 0 Å². The highest BCUT2D eigenvalue weighted by Gasteiger charge is 2.14. The van der Waals surface area contributed by atoms with Crippen LogP contribution in [-0.4, -0.2) is 17.6 Å². The van der Waals surface area contributed by atoms with Gasteiger partial charge in [0.2, 0.25) is 0 Å². The summed E-state index contributed by atoms with van der Waals surface area (Å²) in [5.41, 5.74) is 1.63. The first kappa shape index (κ1) is 13.3. The minimum atomic E-state index is -0.168. The first-order valence-electron chi connectivity index (χ1n) is 6.33. The Bertz CT molecular complexity index is 511. The Balaban J connectivity index is 2.11. The Morgan fingerprint density at radius 3 is 2.16 bits per heavy atom. The number of amides is 1. The summed E-state index contributed by atoms with van der Waals surface area (Å²) in [6.07, 6.45) is 0.503. The fourth-order valence-electron chi connectivity index (χ4n) is 1.97. The molecule has 0 aliphatic heterocycles. The molecule has 0 unspecified atom stereocenters. The fourth-order valence-corrected chi connectivity index (χ4v) is 1.97. The lowest BCUT2D eigenvalue weighted by Crippen LogP contribution is -2.29. The zero-order valence-electron chi connectivity index (χ0n) is 10.6. The van der Waals surface area contributed by atoms with Crippen LogP contribution in [0, 0.1) is 0 Å². The Labute approximate surface area is 112 Å². The fraction of sp³-hybridized carbons (Fsp3) is 0.188. The van der Waals surface area contributed by atoms with Gasteiger partial charge in [0.25, 0.3) is 5.91 Å². The van der Waals surface area contributed by atoms with Crippen molar-refractivity contribution in [1.29, 1.82) is 0 Å². The second-order valence-electron chi connectivity index (χ2n) is 4.32. The van der Waals surface area contributed by atoms with Gasteiger partial charge in [-0.3, -0.25) is 4.79 Å². The molecule has 3 nitrogen and oxygen atoms in total. The lowest BCUT2D eigenvalue weighted by Gasteiger charge is -2.18. The van der Waals surface area contributed by atoms with Crippen LogP contribution in [0.5, 0.6) is 0 Å². The predicted octanol–water partition coefficient (Wildman–Crippen LogP) is 2.54. The highest BCUT2D eigenvalue weighted by atomic mass is 16.3. The minimum absolute atomic E-state index is 0.0363. The predicted molar refractivity (Wildman–Crippen MR) is 74.8 cm³/mol. The Morgan fingerprint density at radius 2 is 1.58 bits per heavy atom. The number of hydrogen-bond acceptors (Lipinski definition) is 2. The second-order valence-corrected chi connectivity index (χ2v) is 4.32. The molecule has 3 heteroatoms. The van der Waals surface area contributed by atoms with Crippen LogP contribution in [0.4, 0.5) is 0 Å². The zero-order chi connectivity index (χ0) is 13.5. The molecular formula is C16H17NO2. The molecule has 1 atom stereocenters. The maximum Gasteiger partial charge on any atom is 0.251 e. The van der Waals surface area contributed by atoms with E-state index in [0.717, 1.165) is 5.56 Å². The number of nitrogens with one attached hydrogen (secondary N) is 1. The van der Waals surface area contributed by atoms with Crippen LogP contribution in [0.15, 0.2) is 60.7 Å². The van der Waals surface area contributed by atoms with Crippen LogP contribution in [-0.2, 0) is 0 Å². The summed E-state index contributed by atoms with van der Waals surface area (Å²) in [7, 11) is 0. The van der Waals surface area contributed by atoms with Gasteiger partial charge < -0.3 is 10.4 Å². The smallest absolute Gasteiger partial charge is 0.251 e. The van der Waals surface area contributed by atoms with Crippen molar-refractivity contribution < 1.29 is 9.90 Å². The van der Waals surface area contributed by atoms with Gasteiger partial charge in [0.05, 0.1) is 6.04 Å². The molecule has 0 bridgehead atoms. The molecule has 0 saturated carbocycles. The summed E-state index contributed by atoms with van der Waals surface area (Å²) < 4.78 is 0. The van der Waals surface area contributed by atoms with Gasteiger partial charge in [0, 0.05) is 12.2 Å². The number of rotatable bonds is 5. The molecule has 2 rings (SSSR count). The summed E-state index contributed by atoms with van der Waals surface area (Å²) in [6, 6.07) is 18.6. The van der Waals surface area contributed by atoms with Crippen molar-refractivity contribution in [2.24, 2.45) is 0 Å². The van der Waals surface area contributed by atoms with E-state index in [9.17, 15) is 4.79 Å². The topological polar surface area (TPSA) is 49.3 Å². The molecular weight excluding hydrogens is 238 g/mol. The minimum Gasteiger partial charge on any atom is -0.396 e. The van der Waals surface area contributed by atoms with Gasteiger partial charge in [0.15, 0.2) is 0 Å². The average Bonchev–Trinajstić information content (AvgIpc) is 2.48. The van der Waals surface area contributed by atoms with E-state index in [4.69, 9.17) is 5.11 Å². The molecule has 0 fully saturated rings. The number of hydrogen-bond donors (Lipinski definition) is 2. The van der Waals surface area contributed by atoms with Crippen molar-refractivity contribution in [3.8, 4) is 0 Å². The van der Waals surface area contributed by atoms with Crippen molar-refractivity contribution in [1.82, 2.24) is 5.32 Å². The van der Waals surface area contributed by atoms with E-state index in [-0.39, 0.29) is 18.6 Å². The zero-order valence-corrected chi connectivity index (χ0v) is 10.6. The highest BCUT2D eigenvalue weighted by molar-refractivity contribution is 5.94. The molecule has 2 N–H and O–H groups in total. The van der Waals surface area contributed by atoms with E-state index in [2.05, 4.69) is 5.32 Å². The van der Waals surface area contributed by atoms with Crippen LogP contribution in [0.2, 0.25) is 0 Å². The third-order valence-corrected chi connectivity index (χ3v) is 2.96. The Morgan fingerprint density at radius 1 is 1.00 bits per heavy atom. The van der Waals surface area contributed by atoms with E-state index in [0.29, 0.717) is 12.0 Å². The molecule has 0 saturated heterocycles. The van der Waals surface area contributed by atoms with Gasteiger partial charge in [-0.2, -0.15) is 0 Å². The molecule has 0 aromatic heterocycles. The van der Waals surface area contributed by atoms with Crippen LogP contribution < -0.4 is 5.32 Å². The third kappa shape index (κ3) is 3.66. The lowest BCUT2D eigenvalue weighted by atomic mass is 10.0. The van der Waals surface area contributed by atoms with Crippen molar-refractivity contribution in [2.45, 2.75) is 12.5 Å². The number of aliphatic hydroxyl groups is 1. The van der Waals surface area contributed by atoms with Crippen molar-refractivity contribution >= 4 is 5.91 Å². The lowest BCUT2D eigenvalue weighted by molar-refractivity contribution is 0.0930. The number of carbonyl (C=O) groups excluding carboxylic acids is 1. The van der Waals surface area contributed by atoms with Gasteiger partial charge in [0.1, 0.15) is 0 Å². The summed E-state index contributed by atoms with van der Waals surface area (Å²) in [5, 5.41) is 12.1. The van der Waals surface area contributed by atoms with Crippen molar-refractivity contribution in [3.05, 3.63) is 71.8 Å². The molecule has 2 aromatic carbocycles. The standard InChI is InChI=1S/C16H17NO2/c18-12-11-15(13-7-3-1-4-8-13)17-16(19)14-9-5-2-6-10-14/h1-10,15,18H,11-12H2,(H,17,19)/t15-/m0/s1. The number of benzene rings is 2. The number of aliphatic hydroxyl groups excluding tert-OH is 1. The van der Waals surface area contributed by atoms with Gasteiger partial charge >= 0.3 is 0 Å². The first-order valence-corrected chi connectivity index (χ1v) is 6.33. The molecule has 98 valence electrons. The van der Waals surface area contributed by atoms with Crippen LogP contribution in [0.25, 0.3) is 0 Å². The van der Waals surface area contributed by atoms with E-state index >= 15 is 0 Å². The monoisotopic (exact) mass is 255 g/mol. The number of carbonyl (C=O) groups is 1. The molecule has 0 aliphatic carbocycles. The van der Waals surface area contributed by atoms with Gasteiger partial charge in [-0.05, 0) is 24.1 Å². The Kier molecular flexibility index (Phi) is 4.70. The molecule has 0 spiro atoms. The summed E-state index contributed by atoms with van der Waals surface area (Å²) in [5.74, 6) is -0.122. The van der Waals surface area contributed by atoms with Crippen LogP contribution in [0.1, 0.15) is 28.4 Å². The normalized spacial score (nSPS) is 11.8. The van der Waals surface area contributed by atoms with Crippen molar-refractivity contribution in [3.63, 3.8) is 0 Å². The highest BCUT2D eigenvalue weighted by Crippen LogP contribution is 2.16. The maximum absolute atomic E-state index is 12.1. The van der Waals surface area contributed by atoms with Gasteiger partial charge in [-0.1, -0.05) is 48.5 Å². The quantitative estimate of drug-likeness (QED) is 0.862. The van der Waals surface area contributed by atoms with Gasteiger partial charge in [-0.25, -0.2) is 0 Å². The largest absolute Gasteiger partial charge is 0.396 e. The van der Waals surface area contributed by atoms with E-state index < -0.39 is 0 Å². The first-order chi connectivity index (χ1) is 9.31. The molecule has 2 aromatic rings. The molecule has 0 heterocycles. The third-order valence-electron chi connectivity index (χ3n) is 2.96. The summed E-state index contributed by atoms with van der Waals surface area (Å²) >= 11 is 0. The second kappa shape index (κ2) is 6.71. The maximum atomic E-state index is 12.1. The van der Waals surface area contributed by atoms with Crippen molar-refractivity contribution in [2.75, 3.05) is 6.61 Å². The van der Waals surface area contributed by atoms with E-state index in [1.54, 1.807) is 12.1 Å². The molecule has 1 amide bonds. The van der Waals surface area contributed by atoms with E-state index in [1.807, 2.05) is 48.5 Å². The summed E-state index contributed by atoms with van der Waals surface area (Å²) in [4.78, 5) is 12.1. The molecule has 0 aliphatic rings. The van der Waals surface area contributed by atoms with Gasteiger partial charge in [-0.15, -0.1) is 0 Å². The summed E-state index contributed by atoms with van der Waals surface area (Å²) in [6.45, 7) is 0.0363. The van der Waals surface area contributed by atoms with E-state index in [1.165, 1.54) is 0 Å². The van der Waals surface area contributed by atoms with Crippen LogP contribution in [0.3, 0.4) is 0 Å². The SMILES string of the molecule is O=C(N[C@@H](CCO)c1ccccc1)c1ccccc1. The molecule has 19 heavy (non-hydrogen) atoms.